The molecule has 6 heteroatoms. The molecule has 0 atom stereocenters. The Morgan fingerprint density at radius 1 is 1.04 bits per heavy atom. The van der Waals surface area contributed by atoms with E-state index in [0.717, 1.165) is 31.9 Å². The molecule has 3 aromatic rings. The molecule has 1 aliphatic rings. The van der Waals surface area contributed by atoms with E-state index in [9.17, 15) is 9.18 Å². The maximum absolute atomic E-state index is 13.1. The fraction of sp³-hybridized carbons (Fsp3) is 0.250. The summed E-state index contributed by atoms with van der Waals surface area (Å²) in [6, 6.07) is 11.6. The number of anilines is 1. The molecule has 1 fully saturated rings. The van der Waals surface area contributed by atoms with Crippen molar-refractivity contribution in [2.24, 2.45) is 0 Å². The van der Waals surface area contributed by atoms with Gasteiger partial charge in [-0.05, 0) is 42.5 Å². The Balaban J connectivity index is 1.46. The zero-order valence-corrected chi connectivity index (χ0v) is 14.9. The fourth-order valence-corrected chi connectivity index (χ4v) is 3.48. The SMILES string of the molecule is O=c1c(CN2CCN(c3ccc(F)cc3)CC2)coc2ccc(Cl)cc12. The van der Waals surface area contributed by atoms with Crippen LogP contribution in [0.2, 0.25) is 5.02 Å². The van der Waals surface area contributed by atoms with Crippen molar-refractivity contribution in [1.29, 1.82) is 0 Å². The Morgan fingerprint density at radius 2 is 1.77 bits per heavy atom. The Hall–Kier alpha value is -2.37. The number of nitrogens with zero attached hydrogens (tertiary/aromatic N) is 2. The molecule has 0 bridgehead atoms. The van der Waals surface area contributed by atoms with Gasteiger partial charge in [0.15, 0.2) is 5.43 Å². The summed E-state index contributed by atoms with van der Waals surface area (Å²) >= 11 is 6.00. The van der Waals surface area contributed by atoms with Crippen molar-refractivity contribution in [2.75, 3.05) is 31.1 Å². The molecule has 0 radical (unpaired) electrons. The van der Waals surface area contributed by atoms with E-state index in [1.165, 1.54) is 12.1 Å². The van der Waals surface area contributed by atoms with Crippen molar-refractivity contribution in [3.8, 4) is 0 Å². The number of piperazine rings is 1. The zero-order valence-electron chi connectivity index (χ0n) is 14.1. The topological polar surface area (TPSA) is 36.7 Å². The molecule has 4 rings (SSSR count). The molecule has 1 saturated heterocycles. The number of hydrogen-bond donors (Lipinski definition) is 0. The molecule has 0 saturated carbocycles. The van der Waals surface area contributed by atoms with Gasteiger partial charge in [0.25, 0.3) is 0 Å². The van der Waals surface area contributed by atoms with Crippen LogP contribution >= 0.6 is 11.6 Å². The lowest BCUT2D eigenvalue weighted by molar-refractivity contribution is 0.247. The summed E-state index contributed by atoms with van der Waals surface area (Å²) in [5.41, 5.74) is 2.17. The summed E-state index contributed by atoms with van der Waals surface area (Å²) in [7, 11) is 0. The molecule has 2 aromatic carbocycles. The molecule has 0 spiro atoms. The van der Waals surface area contributed by atoms with E-state index in [1.54, 1.807) is 36.6 Å². The second-order valence-corrected chi connectivity index (χ2v) is 6.91. The van der Waals surface area contributed by atoms with Gasteiger partial charge in [0.1, 0.15) is 11.4 Å². The van der Waals surface area contributed by atoms with Crippen LogP contribution in [-0.4, -0.2) is 31.1 Å². The van der Waals surface area contributed by atoms with Crippen molar-refractivity contribution in [3.63, 3.8) is 0 Å². The second kappa shape index (κ2) is 7.09. The first kappa shape index (κ1) is 17.1. The number of fused-ring (bicyclic) bond motifs is 1. The van der Waals surface area contributed by atoms with E-state index in [0.29, 0.717) is 28.1 Å². The summed E-state index contributed by atoms with van der Waals surface area (Å²) in [4.78, 5) is 17.1. The molecule has 26 heavy (non-hydrogen) atoms. The molecule has 0 N–H and O–H groups in total. The van der Waals surface area contributed by atoms with E-state index >= 15 is 0 Å². The van der Waals surface area contributed by atoms with Crippen LogP contribution in [0.5, 0.6) is 0 Å². The highest BCUT2D eigenvalue weighted by Crippen LogP contribution is 2.19. The first-order valence-electron chi connectivity index (χ1n) is 8.53. The number of benzene rings is 2. The standard InChI is InChI=1S/C20H18ClFN2O2/c21-15-1-6-19-18(11-15)20(25)14(13-26-19)12-23-7-9-24(10-8-23)17-4-2-16(22)3-5-17/h1-6,11,13H,7-10,12H2. The van der Waals surface area contributed by atoms with Crippen LogP contribution in [-0.2, 0) is 6.54 Å². The normalized spacial score (nSPS) is 15.5. The first-order valence-corrected chi connectivity index (χ1v) is 8.91. The molecular weight excluding hydrogens is 355 g/mol. The highest BCUT2D eigenvalue weighted by Gasteiger charge is 2.19. The van der Waals surface area contributed by atoms with Gasteiger partial charge in [-0.2, -0.15) is 0 Å². The largest absolute Gasteiger partial charge is 0.464 e. The van der Waals surface area contributed by atoms with Crippen molar-refractivity contribution >= 4 is 28.3 Å². The van der Waals surface area contributed by atoms with Crippen molar-refractivity contribution < 1.29 is 8.81 Å². The van der Waals surface area contributed by atoms with E-state index in [2.05, 4.69) is 9.80 Å². The Bertz CT molecular complexity index is 979. The van der Waals surface area contributed by atoms with Gasteiger partial charge in [-0.3, -0.25) is 9.69 Å². The smallest absolute Gasteiger partial charge is 0.197 e. The van der Waals surface area contributed by atoms with Gasteiger partial charge in [0.05, 0.1) is 11.6 Å². The van der Waals surface area contributed by atoms with Crippen molar-refractivity contribution in [2.45, 2.75) is 6.54 Å². The van der Waals surface area contributed by atoms with Crippen LogP contribution in [0.3, 0.4) is 0 Å². The van der Waals surface area contributed by atoms with E-state index in [-0.39, 0.29) is 11.2 Å². The van der Waals surface area contributed by atoms with Crippen molar-refractivity contribution in [1.82, 2.24) is 4.90 Å². The number of halogens is 2. The summed E-state index contributed by atoms with van der Waals surface area (Å²) in [6.45, 7) is 3.85. The molecule has 4 nitrogen and oxygen atoms in total. The first-order chi connectivity index (χ1) is 12.6. The van der Waals surface area contributed by atoms with Gasteiger partial charge < -0.3 is 9.32 Å². The molecule has 1 aliphatic heterocycles. The minimum absolute atomic E-state index is 0.0327. The average molecular weight is 373 g/mol. The van der Waals surface area contributed by atoms with Crippen LogP contribution in [0.25, 0.3) is 11.0 Å². The van der Waals surface area contributed by atoms with Crippen LogP contribution in [0.4, 0.5) is 10.1 Å². The molecule has 1 aromatic heterocycles. The van der Waals surface area contributed by atoms with E-state index in [1.807, 2.05) is 0 Å². The lowest BCUT2D eigenvalue weighted by Gasteiger charge is -2.36. The van der Waals surface area contributed by atoms with E-state index in [4.69, 9.17) is 16.0 Å². The summed E-state index contributed by atoms with van der Waals surface area (Å²) in [5, 5.41) is 1.04. The second-order valence-electron chi connectivity index (χ2n) is 6.47. The van der Waals surface area contributed by atoms with Gasteiger partial charge in [0.2, 0.25) is 0 Å². The molecule has 0 aliphatic carbocycles. The maximum Gasteiger partial charge on any atom is 0.197 e. The Morgan fingerprint density at radius 3 is 2.50 bits per heavy atom. The van der Waals surface area contributed by atoms with E-state index < -0.39 is 0 Å². The lowest BCUT2D eigenvalue weighted by atomic mass is 10.1. The van der Waals surface area contributed by atoms with Gasteiger partial charge >= 0.3 is 0 Å². The predicted octanol–water partition coefficient (Wildman–Crippen LogP) is 3.91. The number of hydrogen-bond acceptors (Lipinski definition) is 4. The quantitative estimate of drug-likeness (QED) is 0.698. The lowest BCUT2D eigenvalue weighted by Crippen LogP contribution is -2.46. The molecular formula is C20H18ClFN2O2. The molecule has 0 unspecified atom stereocenters. The summed E-state index contributed by atoms with van der Waals surface area (Å²) in [6.07, 6.45) is 1.55. The highest BCUT2D eigenvalue weighted by molar-refractivity contribution is 6.31. The van der Waals surface area contributed by atoms with Crippen LogP contribution < -0.4 is 10.3 Å². The average Bonchev–Trinajstić information content (AvgIpc) is 2.66. The fourth-order valence-electron chi connectivity index (χ4n) is 3.31. The summed E-state index contributed by atoms with van der Waals surface area (Å²) in [5.74, 6) is -0.226. The van der Waals surface area contributed by atoms with Crippen LogP contribution in [0.15, 0.2) is 57.9 Å². The van der Waals surface area contributed by atoms with Crippen LogP contribution in [0, 0.1) is 5.82 Å². The van der Waals surface area contributed by atoms with Gasteiger partial charge in [-0.1, -0.05) is 11.6 Å². The monoisotopic (exact) mass is 372 g/mol. The molecule has 134 valence electrons. The highest BCUT2D eigenvalue weighted by atomic mass is 35.5. The predicted molar refractivity (Wildman–Crippen MR) is 101 cm³/mol. The van der Waals surface area contributed by atoms with Gasteiger partial charge in [-0.15, -0.1) is 0 Å². The van der Waals surface area contributed by atoms with Gasteiger partial charge in [-0.25, -0.2) is 4.39 Å². The Labute approximate surface area is 155 Å². The van der Waals surface area contributed by atoms with Crippen LogP contribution in [0.1, 0.15) is 5.56 Å². The molecule has 2 heterocycles. The van der Waals surface area contributed by atoms with Crippen molar-refractivity contribution in [3.05, 3.63) is 75.4 Å². The zero-order chi connectivity index (χ0) is 18.1. The minimum Gasteiger partial charge on any atom is -0.464 e. The summed E-state index contributed by atoms with van der Waals surface area (Å²) < 4.78 is 18.6. The van der Waals surface area contributed by atoms with Gasteiger partial charge in [0, 0.05) is 49.0 Å². The molecule has 0 amide bonds. The maximum atomic E-state index is 13.1. The third-order valence-corrected chi connectivity index (χ3v) is 5.00. The number of rotatable bonds is 3. The third kappa shape index (κ3) is 3.45. The minimum atomic E-state index is -0.226. The Kier molecular flexibility index (Phi) is 4.66. The third-order valence-electron chi connectivity index (χ3n) is 4.76.